The van der Waals surface area contributed by atoms with Crippen LogP contribution in [0.4, 0.5) is 5.69 Å². The van der Waals surface area contributed by atoms with Gasteiger partial charge in [-0.1, -0.05) is 30.3 Å². The van der Waals surface area contributed by atoms with E-state index in [4.69, 9.17) is 5.26 Å². The lowest BCUT2D eigenvalue weighted by Gasteiger charge is -2.34. The first-order valence-corrected chi connectivity index (χ1v) is 9.60. The summed E-state index contributed by atoms with van der Waals surface area (Å²) >= 11 is 0. The van der Waals surface area contributed by atoms with E-state index in [9.17, 15) is 8.42 Å². The predicted octanol–water partition coefficient (Wildman–Crippen LogP) is 2.36. The molecule has 1 N–H and O–H groups in total. The minimum absolute atomic E-state index is 0.179. The molecule has 0 spiro atoms. The molecule has 124 valence electrons. The van der Waals surface area contributed by atoms with Crippen molar-refractivity contribution in [2.75, 3.05) is 18.1 Å². The third kappa shape index (κ3) is 3.58. The molecule has 2 aromatic carbocycles. The summed E-state index contributed by atoms with van der Waals surface area (Å²) in [5.41, 5.74) is 3.50. The fraction of sp³-hybridized carbons (Fsp3) is 0.278. The van der Waals surface area contributed by atoms with Crippen molar-refractivity contribution < 1.29 is 8.42 Å². The summed E-state index contributed by atoms with van der Waals surface area (Å²) in [7, 11) is -3.35. The fourth-order valence-electron chi connectivity index (χ4n) is 3.04. The lowest BCUT2D eigenvalue weighted by atomic mass is 9.97. The summed E-state index contributed by atoms with van der Waals surface area (Å²) < 4.78 is 26.2. The van der Waals surface area contributed by atoms with E-state index in [2.05, 4.69) is 11.4 Å². The molecule has 0 saturated carbocycles. The van der Waals surface area contributed by atoms with E-state index in [1.165, 1.54) is 10.6 Å². The summed E-state index contributed by atoms with van der Waals surface area (Å²) in [5.74, 6) is 0. The van der Waals surface area contributed by atoms with E-state index in [0.29, 0.717) is 25.1 Å². The zero-order valence-corrected chi connectivity index (χ0v) is 14.3. The molecule has 1 unspecified atom stereocenters. The number of fused-ring (bicyclic) bond motifs is 1. The van der Waals surface area contributed by atoms with Crippen LogP contribution >= 0.6 is 0 Å². The van der Waals surface area contributed by atoms with Crippen molar-refractivity contribution >= 4 is 15.7 Å². The van der Waals surface area contributed by atoms with Crippen LogP contribution < -0.4 is 5.32 Å². The Bertz CT molecular complexity index is 873. The largest absolute Gasteiger partial charge is 0.383 e. The summed E-state index contributed by atoms with van der Waals surface area (Å²) in [6, 6.07) is 17.0. The van der Waals surface area contributed by atoms with Crippen LogP contribution in [-0.4, -0.2) is 31.6 Å². The maximum Gasteiger partial charge on any atom is 0.211 e. The first-order chi connectivity index (χ1) is 11.5. The minimum Gasteiger partial charge on any atom is -0.383 e. The number of nitrogens with zero attached hydrogens (tertiary/aromatic N) is 2. The van der Waals surface area contributed by atoms with Crippen molar-refractivity contribution in [1.82, 2.24) is 4.31 Å². The second-order valence-electron chi connectivity index (χ2n) is 6.02. The Balaban J connectivity index is 1.88. The number of nitrogens with one attached hydrogen (secondary N) is 1. The SMILES string of the molecule is CS(=O)(=O)N(Cc1ccccc1)C1CNc2ccc(C#N)cc2C1. The molecule has 0 amide bonds. The molecule has 0 bridgehead atoms. The van der Waals surface area contributed by atoms with Gasteiger partial charge in [-0.15, -0.1) is 0 Å². The third-order valence-electron chi connectivity index (χ3n) is 4.23. The van der Waals surface area contributed by atoms with Crippen molar-refractivity contribution in [3.63, 3.8) is 0 Å². The average Bonchev–Trinajstić information content (AvgIpc) is 2.58. The van der Waals surface area contributed by atoms with Crippen LogP contribution in [0.25, 0.3) is 0 Å². The molecule has 0 aromatic heterocycles. The number of anilines is 1. The highest BCUT2D eigenvalue weighted by molar-refractivity contribution is 7.88. The van der Waals surface area contributed by atoms with Crippen LogP contribution in [0.1, 0.15) is 16.7 Å². The van der Waals surface area contributed by atoms with E-state index in [1.807, 2.05) is 42.5 Å². The van der Waals surface area contributed by atoms with Crippen molar-refractivity contribution in [1.29, 1.82) is 5.26 Å². The molecular formula is C18H19N3O2S. The second-order valence-corrected chi connectivity index (χ2v) is 7.95. The number of benzene rings is 2. The van der Waals surface area contributed by atoms with Crippen LogP contribution in [0, 0.1) is 11.3 Å². The van der Waals surface area contributed by atoms with Gasteiger partial charge < -0.3 is 5.32 Å². The van der Waals surface area contributed by atoms with Gasteiger partial charge in [0.2, 0.25) is 10.0 Å². The average molecular weight is 341 g/mol. The zero-order chi connectivity index (χ0) is 17.2. The molecule has 6 heteroatoms. The van der Waals surface area contributed by atoms with Gasteiger partial charge in [-0.2, -0.15) is 9.57 Å². The molecule has 0 fully saturated rings. The molecule has 5 nitrogen and oxygen atoms in total. The molecule has 2 aromatic rings. The first kappa shape index (κ1) is 16.5. The zero-order valence-electron chi connectivity index (χ0n) is 13.4. The normalized spacial score (nSPS) is 17.0. The van der Waals surface area contributed by atoms with E-state index in [1.54, 1.807) is 6.07 Å². The maximum atomic E-state index is 12.3. The molecule has 1 heterocycles. The summed E-state index contributed by atoms with van der Waals surface area (Å²) in [4.78, 5) is 0. The van der Waals surface area contributed by atoms with E-state index >= 15 is 0 Å². The lowest BCUT2D eigenvalue weighted by Crippen LogP contribution is -2.46. The highest BCUT2D eigenvalue weighted by Gasteiger charge is 2.30. The predicted molar refractivity (Wildman–Crippen MR) is 94.0 cm³/mol. The highest BCUT2D eigenvalue weighted by atomic mass is 32.2. The van der Waals surface area contributed by atoms with Gasteiger partial charge in [0.15, 0.2) is 0 Å². The van der Waals surface area contributed by atoms with Gasteiger partial charge in [0.05, 0.1) is 17.9 Å². The third-order valence-corrected chi connectivity index (χ3v) is 5.51. The van der Waals surface area contributed by atoms with E-state index < -0.39 is 10.0 Å². The number of hydrogen-bond donors (Lipinski definition) is 1. The number of hydrogen-bond acceptors (Lipinski definition) is 4. The molecule has 1 aliphatic heterocycles. The van der Waals surface area contributed by atoms with Crippen LogP contribution in [-0.2, 0) is 23.0 Å². The lowest BCUT2D eigenvalue weighted by molar-refractivity contribution is 0.318. The molecule has 0 radical (unpaired) electrons. The molecule has 0 aliphatic carbocycles. The van der Waals surface area contributed by atoms with Gasteiger partial charge >= 0.3 is 0 Å². The van der Waals surface area contributed by atoms with Crippen molar-refractivity contribution in [2.24, 2.45) is 0 Å². The Morgan fingerprint density at radius 2 is 2.00 bits per heavy atom. The van der Waals surface area contributed by atoms with Gasteiger partial charge in [0, 0.05) is 24.8 Å². The molecule has 1 atom stereocenters. The van der Waals surface area contributed by atoms with Gasteiger partial charge in [-0.25, -0.2) is 8.42 Å². The summed E-state index contributed by atoms with van der Waals surface area (Å²) in [6.07, 6.45) is 1.84. The standard InChI is InChI=1S/C18H19N3O2S/c1-24(22,23)21(13-14-5-3-2-4-6-14)17-10-16-9-15(11-19)7-8-18(16)20-12-17/h2-9,17,20H,10,12-13H2,1H3. The Morgan fingerprint density at radius 1 is 1.25 bits per heavy atom. The Hall–Kier alpha value is -2.36. The Labute approximate surface area is 142 Å². The Kier molecular flexibility index (Phi) is 4.56. The number of nitriles is 1. The molecule has 3 rings (SSSR count). The Morgan fingerprint density at radius 3 is 2.67 bits per heavy atom. The van der Waals surface area contributed by atoms with Gasteiger partial charge in [-0.05, 0) is 35.7 Å². The molecular weight excluding hydrogens is 322 g/mol. The van der Waals surface area contributed by atoms with E-state index in [-0.39, 0.29) is 6.04 Å². The van der Waals surface area contributed by atoms with Gasteiger partial charge in [0.25, 0.3) is 0 Å². The quantitative estimate of drug-likeness (QED) is 0.926. The first-order valence-electron chi connectivity index (χ1n) is 7.75. The maximum absolute atomic E-state index is 12.3. The molecule has 0 saturated heterocycles. The monoisotopic (exact) mass is 341 g/mol. The molecule has 24 heavy (non-hydrogen) atoms. The van der Waals surface area contributed by atoms with Crippen LogP contribution in [0.15, 0.2) is 48.5 Å². The summed E-state index contributed by atoms with van der Waals surface area (Å²) in [5, 5.41) is 12.3. The number of rotatable bonds is 4. The van der Waals surface area contributed by atoms with Crippen molar-refractivity contribution in [3.8, 4) is 6.07 Å². The fourth-order valence-corrected chi connectivity index (χ4v) is 4.12. The highest BCUT2D eigenvalue weighted by Crippen LogP contribution is 2.27. The van der Waals surface area contributed by atoms with Gasteiger partial charge in [0.1, 0.15) is 0 Å². The second kappa shape index (κ2) is 6.63. The molecule has 1 aliphatic rings. The van der Waals surface area contributed by atoms with E-state index in [0.717, 1.165) is 16.8 Å². The summed E-state index contributed by atoms with van der Waals surface area (Å²) in [6.45, 7) is 0.901. The smallest absolute Gasteiger partial charge is 0.211 e. The van der Waals surface area contributed by atoms with Crippen molar-refractivity contribution in [2.45, 2.75) is 19.0 Å². The van der Waals surface area contributed by atoms with Crippen LogP contribution in [0.2, 0.25) is 0 Å². The van der Waals surface area contributed by atoms with Crippen LogP contribution in [0.5, 0.6) is 0 Å². The minimum atomic E-state index is -3.35. The number of sulfonamides is 1. The topological polar surface area (TPSA) is 73.2 Å². The van der Waals surface area contributed by atoms with Gasteiger partial charge in [-0.3, -0.25) is 0 Å². The van der Waals surface area contributed by atoms with Crippen molar-refractivity contribution in [3.05, 3.63) is 65.2 Å². The van der Waals surface area contributed by atoms with Crippen LogP contribution in [0.3, 0.4) is 0 Å².